The van der Waals surface area contributed by atoms with Crippen LogP contribution in [-0.4, -0.2) is 46.3 Å². The third-order valence-electron chi connectivity index (χ3n) is 4.91. The van der Waals surface area contributed by atoms with Crippen LogP contribution in [0.1, 0.15) is 27.2 Å². The minimum atomic E-state index is -0.823. The molecular weight excluding hydrogens is 302 g/mol. The number of pyridine rings is 1. The van der Waals surface area contributed by atoms with E-state index in [1.54, 1.807) is 12.3 Å². The lowest BCUT2D eigenvalue weighted by atomic mass is 9.83. The van der Waals surface area contributed by atoms with Gasteiger partial charge in [-0.2, -0.15) is 0 Å². The smallest absolute Gasteiger partial charge is 0.407 e. The van der Waals surface area contributed by atoms with Gasteiger partial charge in [-0.25, -0.2) is 9.78 Å². The Morgan fingerprint density at radius 1 is 1.36 bits per heavy atom. The Balaban J connectivity index is 1.94. The van der Waals surface area contributed by atoms with Gasteiger partial charge in [0.1, 0.15) is 5.15 Å². The molecule has 0 radical (unpaired) electrons. The van der Waals surface area contributed by atoms with Crippen LogP contribution in [0, 0.1) is 11.3 Å². The molecule has 1 aromatic rings. The summed E-state index contributed by atoms with van der Waals surface area (Å²) in [7, 11) is 0. The Bertz CT molecular complexity index is 570. The van der Waals surface area contributed by atoms with E-state index in [4.69, 9.17) is 11.6 Å². The van der Waals surface area contributed by atoms with Crippen molar-refractivity contribution in [2.24, 2.45) is 11.3 Å². The first-order chi connectivity index (χ1) is 10.3. The largest absolute Gasteiger partial charge is 0.465 e. The zero-order valence-corrected chi connectivity index (χ0v) is 13.9. The van der Waals surface area contributed by atoms with Crippen LogP contribution >= 0.6 is 11.6 Å². The summed E-state index contributed by atoms with van der Waals surface area (Å²) in [4.78, 5) is 19.4. The number of amides is 1. The highest BCUT2D eigenvalue weighted by Crippen LogP contribution is 2.44. The fourth-order valence-electron chi connectivity index (χ4n) is 3.85. The third kappa shape index (κ3) is 2.62. The number of likely N-dealkylation sites (tertiary alicyclic amines) is 1. The van der Waals surface area contributed by atoms with E-state index in [1.165, 1.54) is 4.90 Å². The second-order valence-corrected chi connectivity index (χ2v) is 7.77. The van der Waals surface area contributed by atoms with Crippen LogP contribution in [0.4, 0.5) is 10.5 Å². The zero-order valence-electron chi connectivity index (χ0n) is 13.2. The first-order valence-electron chi connectivity index (χ1n) is 7.65. The molecule has 5 nitrogen and oxygen atoms in total. The van der Waals surface area contributed by atoms with Gasteiger partial charge in [-0.05, 0) is 24.0 Å². The first-order valence-corrected chi connectivity index (χ1v) is 8.03. The quantitative estimate of drug-likeness (QED) is 0.805. The molecule has 2 saturated heterocycles. The van der Waals surface area contributed by atoms with Crippen LogP contribution in [0.5, 0.6) is 0 Å². The number of nitrogens with zero attached hydrogens (tertiary/aromatic N) is 3. The molecule has 3 rings (SSSR count). The van der Waals surface area contributed by atoms with Crippen LogP contribution in [0.2, 0.25) is 5.15 Å². The SMILES string of the molecule is CC(C)(C)C1C[C@@H]2CN(C(=O)O)C[C@@H]2N1c1ccc(Cl)nc1. The molecule has 2 fully saturated rings. The number of hydrogen-bond donors (Lipinski definition) is 1. The second kappa shape index (κ2) is 5.30. The number of aromatic nitrogens is 1. The lowest BCUT2D eigenvalue weighted by Crippen LogP contribution is -2.46. The number of carboxylic acid groups (broad SMARTS) is 1. The Labute approximate surface area is 135 Å². The molecule has 2 aliphatic rings. The summed E-state index contributed by atoms with van der Waals surface area (Å²) in [6.07, 6.45) is 1.99. The number of rotatable bonds is 1. The number of halogens is 1. The van der Waals surface area contributed by atoms with Crippen LogP contribution in [0.3, 0.4) is 0 Å². The molecule has 0 aliphatic carbocycles. The van der Waals surface area contributed by atoms with Crippen molar-refractivity contribution >= 4 is 23.4 Å². The van der Waals surface area contributed by atoms with Gasteiger partial charge in [-0.15, -0.1) is 0 Å². The van der Waals surface area contributed by atoms with Crippen LogP contribution < -0.4 is 4.90 Å². The normalized spacial score (nSPS) is 28.1. The second-order valence-electron chi connectivity index (χ2n) is 7.38. The highest BCUT2D eigenvalue weighted by molar-refractivity contribution is 6.29. The van der Waals surface area contributed by atoms with Crippen molar-refractivity contribution in [3.63, 3.8) is 0 Å². The molecule has 6 heteroatoms. The molecule has 3 atom stereocenters. The van der Waals surface area contributed by atoms with E-state index in [9.17, 15) is 9.90 Å². The minimum absolute atomic E-state index is 0.123. The topological polar surface area (TPSA) is 56.7 Å². The van der Waals surface area contributed by atoms with Crippen LogP contribution in [0.15, 0.2) is 18.3 Å². The maximum atomic E-state index is 11.3. The van der Waals surface area contributed by atoms with Gasteiger partial charge in [0.2, 0.25) is 0 Å². The molecule has 22 heavy (non-hydrogen) atoms. The highest BCUT2D eigenvalue weighted by atomic mass is 35.5. The highest BCUT2D eigenvalue weighted by Gasteiger charge is 2.50. The fourth-order valence-corrected chi connectivity index (χ4v) is 3.96. The van der Waals surface area contributed by atoms with Crippen molar-refractivity contribution in [3.05, 3.63) is 23.5 Å². The van der Waals surface area contributed by atoms with E-state index < -0.39 is 6.09 Å². The average molecular weight is 324 g/mol. The summed E-state index contributed by atoms with van der Waals surface area (Å²) >= 11 is 5.91. The van der Waals surface area contributed by atoms with Gasteiger partial charge in [-0.3, -0.25) is 0 Å². The first kappa shape index (κ1) is 15.4. The van der Waals surface area contributed by atoms with Crippen molar-refractivity contribution in [1.82, 2.24) is 9.88 Å². The number of fused-ring (bicyclic) bond motifs is 1. The summed E-state index contributed by atoms with van der Waals surface area (Å²) in [6, 6.07) is 4.39. The molecule has 2 aliphatic heterocycles. The Morgan fingerprint density at radius 2 is 2.09 bits per heavy atom. The molecular formula is C16H22ClN3O2. The van der Waals surface area contributed by atoms with Gasteiger partial charge in [0.05, 0.1) is 17.9 Å². The van der Waals surface area contributed by atoms with Crippen molar-refractivity contribution in [2.75, 3.05) is 18.0 Å². The monoisotopic (exact) mass is 323 g/mol. The van der Waals surface area contributed by atoms with Crippen molar-refractivity contribution in [3.8, 4) is 0 Å². The Morgan fingerprint density at radius 3 is 2.64 bits per heavy atom. The Kier molecular flexibility index (Phi) is 3.71. The molecule has 1 unspecified atom stereocenters. The van der Waals surface area contributed by atoms with Gasteiger partial charge < -0.3 is 14.9 Å². The van der Waals surface area contributed by atoms with Gasteiger partial charge in [-0.1, -0.05) is 32.4 Å². The summed E-state index contributed by atoms with van der Waals surface area (Å²) in [6.45, 7) is 7.91. The van der Waals surface area contributed by atoms with Gasteiger partial charge >= 0.3 is 6.09 Å². The number of carbonyl (C=O) groups is 1. The molecule has 0 saturated carbocycles. The average Bonchev–Trinajstić information content (AvgIpc) is 2.96. The molecule has 1 amide bonds. The number of anilines is 1. The van der Waals surface area contributed by atoms with E-state index in [-0.39, 0.29) is 11.5 Å². The number of hydrogen-bond acceptors (Lipinski definition) is 3. The summed E-state index contributed by atoms with van der Waals surface area (Å²) < 4.78 is 0. The van der Waals surface area contributed by atoms with Crippen molar-refractivity contribution in [1.29, 1.82) is 0 Å². The molecule has 1 N–H and O–H groups in total. The van der Waals surface area contributed by atoms with Crippen molar-refractivity contribution in [2.45, 2.75) is 39.3 Å². The van der Waals surface area contributed by atoms with Gasteiger partial charge in [0.15, 0.2) is 0 Å². The van der Waals surface area contributed by atoms with Crippen LogP contribution in [0.25, 0.3) is 0 Å². The molecule has 0 spiro atoms. The lowest BCUT2D eigenvalue weighted by Gasteiger charge is -2.39. The summed E-state index contributed by atoms with van der Waals surface area (Å²) in [5.41, 5.74) is 1.15. The van der Waals surface area contributed by atoms with E-state index in [2.05, 4.69) is 30.7 Å². The fraction of sp³-hybridized carbons (Fsp3) is 0.625. The van der Waals surface area contributed by atoms with E-state index in [0.29, 0.717) is 30.2 Å². The zero-order chi connectivity index (χ0) is 16.1. The molecule has 120 valence electrons. The van der Waals surface area contributed by atoms with Gasteiger partial charge in [0, 0.05) is 25.0 Å². The van der Waals surface area contributed by atoms with Gasteiger partial charge in [0.25, 0.3) is 0 Å². The maximum absolute atomic E-state index is 11.3. The van der Waals surface area contributed by atoms with Crippen molar-refractivity contribution < 1.29 is 9.90 Å². The van der Waals surface area contributed by atoms with E-state index in [0.717, 1.165) is 12.1 Å². The molecule has 3 heterocycles. The standard InChI is InChI=1S/C16H22ClN3O2/c1-16(2,3)13-6-10-8-19(15(21)22)9-12(10)20(13)11-4-5-14(17)18-7-11/h4-5,7,10,12-13H,6,8-9H2,1-3H3,(H,21,22)/t10-,12+,13?/m1/s1. The Hall–Kier alpha value is -1.49. The minimum Gasteiger partial charge on any atom is -0.465 e. The predicted molar refractivity (Wildman–Crippen MR) is 86.5 cm³/mol. The van der Waals surface area contributed by atoms with E-state index >= 15 is 0 Å². The van der Waals surface area contributed by atoms with Crippen LogP contribution in [-0.2, 0) is 0 Å². The molecule has 0 aromatic carbocycles. The van der Waals surface area contributed by atoms with E-state index in [1.807, 2.05) is 6.07 Å². The third-order valence-corrected chi connectivity index (χ3v) is 5.13. The molecule has 1 aromatic heterocycles. The lowest BCUT2D eigenvalue weighted by molar-refractivity contribution is 0.151. The summed E-state index contributed by atoms with van der Waals surface area (Å²) in [5, 5.41) is 9.74. The summed E-state index contributed by atoms with van der Waals surface area (Å²) in [5.74, 6) is 0.385. The molecule has 0 bridgehead atoms. The maximum Gasteiger partial charge on any atom is 0.407 e. The predicted octanol–water partition coefficient (Wildman–Crippen LogP) is 3.34.